The van der Waals surface area contributed by atoms with Crippen LogP contribution in [0, 0.1) is 11.6 Å². The topological polar surface area (TPSA) is 78.9 Å². The molecular formula is C13H14ClF2N3O2. The molecule has 1 fully saturated rings. The number of likely N-dealkylation sites (tertiary alicyclic amines) is 1. The van der Waals surface area contributed by atoms with Gasteiger partial charge in [0.05, 0.1) is 16.6 Å². The van der Waals surface area contributed by atoms with Crippen molar-refractivity contribution >= 4 is 23.3 Å². The predicted octanol–water partition coefficient (Wildman–Crippen LogP) is 2.36. The SMILES string of the molecule is N/C(=N/O)C1CCCCN1C(=O)c1cc(F)c(Cl)cc1F. The van der Waals surface area contributed by atoms with E-state index in [1.54, 1.807) is 0 Å². The van der Waals surface area contributed by atoms with Crippen molar-refractivity contribution in [2.45, 2.75) is 25.3 Å². The summed E-state index contributed by atoms with van der Waals surface area (Å²) in [5.41, 5.74) is 5.14. The van der Waals surface area contributed by atoms with Gasteiger partial charge in [-0.15, -0.1) is 0 Å². The van der Waals surface area contributed by atoms with E-state index in [-0.39, 0.29) is 5.84 Å². The zero-order valence-corrected chi connectivity index (χ0v) is 11.8. The van der Waals surface area contributed by atoms with Crippen molar-refractivity contribution in [3.8, 4) is 0 Å². The van der Waals surface area contributed by atoms with Crippen LogP contribution in [0.3, 0.4) is 0 Å². The lowest BCUT2D eigenvalue weighted by Gasteiger charge is -2.34. The molecule has 1 aromatic rings. The number of oxime groups is 1. The third-order valence-electron chi connectivity index (χ3n) is 3.46. The highest BCUT2D eigenvalue weighted by molar-refractivity contribution is 6.30. The maximum Gasteiger partial charge on any atom is 0.257 e. The van der Waals surface area contributed by atoms with Crippen molar-refractivity contribution in [3.05, 3.63) is 34.4 Å². The molecule has 2 rings (SSSR count). The molecule has 0 saturated carbocycles. The first-order valence-electron chi connectivity index (χ1n) is 6.38. The molecule has 1 aliphatic heterocycles. The molecule has 0 bridgehead atoms. The number of halogens is 3. The molecular weight excluding hydrogens is 304 g/mol. The minimum Gasteiger partial charge on any atom is -0.409 e. The summed E-state index contributed by atoms with van der Waals surface area (Å²) < 4.78 is 27.3. The number of rotatable bonds is 2. The van der Waals surface area contributed by atoms with Gasteiger partial charge in [0.2, 0.25) is 0 Å². The highest BCUT2D eigenvalue weighted by atomic mass is 35.5. The van der Waals surface area contributed by atoms with Crippen LogP contribution >= 0.6 is 11.6 Å². The number of amidine groups is 1. The normalized spacial score (nSPS) is 19.7. The number of carbonyl (C=O) groups is 1. The Morgan fingerprint density at radius 3 is 2.76 bits per heavy atom. The van der Waals surface area contributed by atoms with Crippen LogP contribution in [0.1, 0.15) is 29.6 Å². The number of piperidine rings is 1. The largest absolute Gasteiger partial charge is 0.409 e. The molecule has 1 aliphatic rings. The van der Waals surface area contributed by atoms with Crippen molar-refractivity contribution in [1.82, 2.24) is 4.90 Å². The fourth-order valence-electron chi connectivity index (χ4n) is 2.39. The maximum atomic E-state index is 13.8. The van der Waals surface area contributed by atoms with Crippen LogP contribution < -0.4 is 5.73 Å². The number of benzene rings is 1. The van der Waals surface area contributed by atoms with Crippen LogP contribution in [-0.4, -0.2) is 34.4 Å². The number of carbonyl (C=O) groups excluding carboxylic acids is 1. The molecule has 0 aliphatic carbocycles. The minimum atomic E-state index is -0.907. The van der Waals surface area contributed by atoms with Gasteiger partial charge in [-0.3, -0.25) is 4.79 Å². The second-order valence-corrected chi connectivity index (χ2v) is 5.19. The van der Waals surface area contributed by atoms with Gasteiger partial charge in [0, 0.05) is 6.54 Å². The Labute approximate surface area is 125 Å². The van der Waals surface area contributed by atoms with Crippen LogP contribution in [0.5, 0.6) is 0 Å². The quantitative estimate of drug-likeness (QED) is 0.289. The van der Waals surface area contributed by atoms with E-state index in [9.17, 15) is 13.6 Å². The molecule has 0 aromatic heterocycles. The van der Waals surface area contributed by atoms with E-state index in [1.807, 2.05) is 0 Å². The van der Waals surface area contributed by atoms with Gasteiger partial charge in [0.1, 0.15) is 11.6 Å². The predicted molar refractivity (Wildman–Crippen MR) is 73.5 cm³/mol. The molecule has 21 heavy (non-hydrogen) atoms. The molecule has 114 valence electrons. The van der Waals surface area contributed by atoms with Crippen LogP contribution in [0.2, 0.25) is 5.02 Å². The Balaban J connectivity index is 2.35. The first-order chi connectivity index (χ1) is 9.95. The molecule has 1 amide bonds. The van der Waals surface area contributed by atoms with Gasteiger partial charge in [0.15, 0.2) is 5.84 Å². The van der Waals surface area contributed by atoms with Gasteiger partial charge in [-0.25, -0.2) is 8.78 Å². The zero-order valence-electron chi connectivity index (χ0n) is 11.0. The minimum absolute atomic E-state index is 0.127. The molecule has 8 heteroatoms. The van der Waals surface area contributed by atoms with Gasteiger partial charge in [-0.2, -0.15) is 0 Å². The van der Waals surface area contributed by atoms with Crippen molar-refractivity contribution < 1.29 is 18.8 Å². The van der Waals surface area contributed by atoms with Gasteiger partial charge in [-0.1, -0.05) is 16.8 Å². The molecule has 1 saturated heterocycles. The Hall–Kier alpha value is -1.89. The van der Waals surface area contributed by atoms with E-state index in [4.69, 9.17) is 22.5 Å². The summed E-state index contributed by atoms with van der Waals surface area (Å²) in [6, 6.07) is 0.888. The zero-order chi connectivity index (χ0) is 15.6. The number of hydrogen-bond donors (Lipinski definition) is 2. The van der Waals surface area contributed by atoms with Crippen molar-refractivity contribution in [2.75, 3.05) is 6.54 Å². The third kappa shape index (κ3) is 3.07. The fraction of sp³-hybridized carbons (Fsp3) is 0.385. The van der Waals surface area contributed by atoms with Crippen molar-refractivity contribution in [1.29, 1.82) is 0 Å². The van der Waals surface area contributed by atoms with Crippen LogP contribution in [-0.2, 0) is 0 Å². The van der Waals surface area contributed by atoms with Gasteiger partial charge >= 0.3 is 0 Å². The summed E-state index contributed by atoms with van der Waals surface area (Å²) in [4.78, 5) is 13.7. The van der Waals surface area contributed by atoms with Crippen LogP contribution in [0.15, 0.2) is 17.3 Å². The van der Waals surface area contributed by atoms with E-state index < -0.39 is 34.2 Å². The van der Waals surface area contributed by atoms with E-state index in [2.05, 4.69) is 5.16 Å². The fourth-order valence-corrected chi connectivity index (χ4v) is 2.54. The van der Waals surface area contributed by atoms with Crippen LogP contribution in [0.25, 0.3) is 0 Å². The van der Waals surface area contributed by atoms with E-state index in [1.165, 1.54) is 4.90 Å². The third-order valence-corrected chi connectivity index (χ3v) is 3.75. The first kappa shape index (κ1) is 15.5. The molecule has 1 atom stereocenters. The van der Waals surface area contributed by atoms with Gasteiger partial charge in [0.25, 0.3) is 5.91 Å². The summed E-state index contributed by atoms with van der Waals surface area (Å²) >= 11 is 5.47. The Bertz CT molecular complexity index is 595. The standard InChI is InChI=1S/C13H14ClF2N3O2/c14-8-6-9(15)7(5-10(8)16)13(20)19-4-2-1-3-11(19)12(17)18-21/h5-6,11,21H,1-4H2,(H2,17,18). The molecule has 1 aromatic carbocycles. The molecule has 3 N–H and O–H groups in total. The highest BCUT2D eigenvalue weighted by Crippen LogP contribution is 2.24. The number of nitrogens with zero attached hydrogens (tertiary/aromatic N) is 2. The average Bonchev–Trinajstić information content (AvgIpc) is 2.49. The molecule has 1 unspecified atom stereocenters. The monoisotopic (exact) mass is 317 g/mol. The van der Waals surface area contributed by atoms with E-state index in [0.717, 1.165) is 18.6 Å². The lowest BCUT2D eigenvalue weighted by Crippen LogP contribution is -2.50. The molecule has 5 nitrogen and oxygen atoms in total. The molecule has 0 spiro atoms. The number of hydrogen-bond acceptors (Lipinski definition) is 3. The van der Waals surface area contributed by atoms with E-state index in [0.29, 0.717) is 19.4 Å². The lowest BCUT2D eigenvalue weighted by atomic mass is 10.00. The Morgan fingerprint density at radius 2 is 2.10 bits per heavy atom. The maximum absolute atomic E-state index is 13.8. The van der Waals surface area contributed by atoms with Crippen LogP contribution in [0.4, 0.5) is 8.78 Å². The smallest absolute Gasteiger partial charge is 0.257 e. The number of amides is 1. The Kier molecular flexibility index (Phi) is 4.62. The highest BCUT2D eigenvalue weighted by Gasteiger charge is 2.32. The van der Waals surface area contributed by atoms with Gasteiger partial charge in [-0.05, 0) is 31.4 Å². The van der Waals surface area contributed by atoms with E-state index >= 15 is 0 Å². The first-order valence-corrected chi connectivity index (χ1v) is 6.76. The molecule has 1 heterocycles. The van der Waals surface area contributed by atoms with Gasteiger partial charge < -0.3 is 15.8 Å². The Morgan fingerprint density at radius 1 is 1.38 bits per heavy atom. The number of nitrogens with two attached hydrogens (primary N) is 1. The van der Waals surface area contributed by atoms with Crippen molar-refractivity contribution in [2.24, 2.45) is 10.9 Å². The summed E-state index contributed by atoms with van der Waals surface area (Å²) in [5, 5.41) is 11.3. The summed E-state index contributed by atoms with van der Waals surface area (Å²) in [5.74, 6) is -2.62. The average molecular weight is 318 g/mol. The van der Waals surface area contributed by atoms with Crippen molar-refractivity contribution in [3.63, 3.8) is 0 Å². The summed E-state index contributed by atoms with van der Waals surface area (Å²) in [7, 11) is 0. The second kappa shape index (κ2) is 6.26. The lowest BCUT2D eigenvalue weighted by molar-refractivity contribution is 0.0671. The second-order valence-electron chi connectivity index (χ2n) is 4.78. The summed E-state index contributed by atoms with van der Waals surface area (Å²) in [6.45, 7) is 0.323. The molecule has 0 radical (unpaired) electrons. The summed E-state index contributed by atoms with van der Waals surface area (Å²) in [6.07, 6.45) is 2.00.